The van der Waals surface area contributed by atoms with Gasteiger partial charge in [0.25, 0.3) is 0 Å². The first-order valence-corrected chi connectivity index (χ1v) is 6.11. The zero-order valence-corrected chi connectivity index (χ0v) is 10.6. The second-order valence-corrected chi connectivity index (χ2v) is 4.52. The second-order valence-electron chi connectivity index (χ2n) is 4.52. The number of rotatable bonds is 3. The maximum absolute atomic E-state index is 6.01. The van der Waals surface area contributed by atoms with Gasteiger partial charge in [-0.2, -0.15) is 0 Å². The number of nitrogens with two attached hydrogens (primary N) is 3. The third kappa shape index (κ3) is 2.56. The highest BCUT2D eigenvalue weighted by molar-refractivity contribution is 5.61. The SMILES string of the molecule is CCc1c(N)cc(N)cc1Cc1ccc(N)cc1. The Labute approximate surface area is 108 Å². The van der Waals surface area contributed by atoms with Crippen LogP contribution in [0.15, 0.2) is 36.4 Å². The molecule has 2 rings (SSSR count). The molecule has 0 fully saturated rings. The molecule has 6 N–H and O–H groups in total. The molecule has 2 aromatic rings. The number of nitrogen functional groups attached to an aromatic ring is 3. The van der Waals surface area contributed by atoms with Gasteiger partial charge in [-0.05, 0) is 53.8 Å². The summed E-state index contributed by atoms with van der Waals surface area (Å²) in [6.07, 6.45) is 1.75. The topological polar surface area (TPSA) is 78.1 Å². The van der Waals surface area contributed by atoms with Crippen LogP contribution < -0.4 is 17.2 Å². The highest BCUT2D eigenvalue weighted by atomic mass is 14.6. The van der Waals surface area contributed by atoms with Gasteiger partial charge in [-0.1, -0.05) is 19.1 Å². The lowest BCUT2D eigenvalue weighted by atomic mass is 9.96. The van der Waals surface area contributed by atoms with E-state index >= 15 is 0 Å². The van der Waals surface area contributed by atoms with E-state index in [1.807, 2.05) is 36.4 Å². The summed E-state index contributed by atoms with van der Waals surface area (Å²) in [5.41, 5.74) is 23.4. The third-order valence-electron chi connectivity index (χ3n) is 3.13. The van der Waals surface area contributed by atoms with Crippen LogP contribution in [-0.4, -0.2) is 0 Å². The summed E-state index contributed by atoms with van der Waals surface area (Å²) < 4.78 is 0. The Morgan fingerprint density at radius 2 is 1.56 bits per heavy atom. The van der Waals surface area contributed by atoms with Crippen molar-refractivity contribution >= 4 is 17.1 Å². The minimum Gasteiger partial charge on any atom is -0.399 e. The van der Waals surface area contributed by atoms with Crippen LogP contribution >= 0.6 is 0 Å². The molecule has 0 atom stereocenters. The van der Waals surface area contributed by atoms with Gasteiger partial charge in [-0.15, -0.1) is 0 Å². The molecule has 0 bridgehead atoms. The molecule has 3 heteroatoms. The maximum atomic E-state index is 6.01. The molecule has 0 spiro atoms. The van der Waals surface area contributed by atoms with Gasteiger partial charge in [-0.25, -0.2) is 0 Å². The summed E-state index contributed by atoms with van der Waals surface area (Å²) in [6, 6.07) is 11.7. The number of hydrogen-bond donors (Lipinski definition) is 3. The predicted octanol–water partition coefficient (Wildman–Crippen LogP) is 2.59. The van der Waals surface area contributed by atoms with E-state index in [0.717, 1.165) is 29.9 Å². The van der Waals surface area contributed by atoms with Gasteiger partial charge in [0.05, 0.1) is 0 Å². The average Bonchev–Trinajstić information content (AvgIpc) is 2.32. The molecule has 2 aromatic carbocycles. The molecule has 0 aromatic heterocycles. The van der Waals surface area contributed by atoms with Gasteiger partial charge in [-0.3, -0.25) is 0 Å². The van der Waals surface area contributed by atoms with E-state index in [2.05, 4.69) is 6.92 Å². The van der Waals surface area contributed by atoms with Crippen molar-refractivity contribution in [1.82, 2.24) is 0 Å². The van der Waals surface area contributed by atoms with E-state index < -0.39 is 0 Å². The Morgan fingerprint density at radius 1 is 0.889 bits per heavy atom. The Balaban J connectivity index is 2.36. The molecule has 0 saturated heterocycles. The summed E-state index contributed by atoms with van der Waals surface area (Å²) in [4.78, 5) is 0. The van der Waals surface area contributed by atoms with E-state index in [1.165, 1.54) is 16.7 Å². The minimum atomic E-state index is 0.718. The van der Waals surface area contributed by atoms with Crippen molar-refractivity contribution in [1.29, 1.82) is 0 Å². The fourth-order valence-corrected chi connectivity index (χ4v) is 2.23. The van der Waals surface area contributed by atoms with E-state index in [4.69, 9.17) is 17.2 Å². The third-order valence-corrected chi connectivity index (χ3v) is 3.13. The Kier molecular flexibility index (Phi) is 3.42. The average molecular weight is 241 g/mol. The molecule has 18 heavy (non-hydrogen) atoms. The molecule has 0 saturated carbocycles. The van der Waals surface area contributed by atoms with Gasteiger partial charge >= 0.3 is 0 Å². The van der Waals surface area contributed by atoms with E-state index in [1.54, 1.807) is 0 Å². The Bertz CT molecular complexity index is 544. The van der Waals surface area contributed by atoms with Crippen LogP contribution in [0.5, 0.6) is 0 Å². The summed E-state index contributed by atoms with van der Waals surface area (Å²) >= 11 is 0. The van der Waals surface area contributed by atoms with Crippen molar-refractivity contribution in [2.24, 2.45) is 0 Å². The number of benzene rings is 2. The van der Waals surface area contributed by atoms with E-state index in [-0.39, 0.29) is 0 Å². The fourth-order valence-electron chi connectivity index (χ4n) is 2.23. The van der Waals surface area contributed by atoms with Crippen LogP contribution in [0.4, 0.5) is 17.1 Å². The van der Waals surface area contributed by atoms with Crippen LogP contribution in [0.2, 0.25) is 0 Å². The van der Waals surface area contributed by atoms with Gasteiger partial charge in [0.1, 0.15) is 0 Å². The maximum Gasteiger partial charge on any atom is 0.0370 e. The molecule has 94 valence electrons. The monoisotopic (exact) mass is 241 g/mol. The van der Waals surface area contributed by atoms with Crippen LogP contribution in [0.1, 0.15) is 23.6 Å². The first-order valence-electron chi connectivity index (χ1n) is 6.11. The zero-order valence-electron chi connectivity index (χ0n) is 10.6. The first-order chi connectivity index (χ1) is 8.60. The van der Waals surface area contributed by atoms with Gasteiger partial charge < -0.3 is 17.2 Å². The molecule has 0 unspecified atom stereocenters. The molecule has 3 nitrogen and oxygen atoms in total. The van der Waals surface area contributed by atoms with Crippen LogP contribution in [0.25, 0.3) is 0 Å². The minimum absolute atomic E-state index is 0.718. The standard InChI is InChI=1S/C15H19N3/c1-2-14-11(8-13(17)9-15(14)18)7-10-3-5-12(16)6-4-10/h3-6,8-9H,2,7,16-18H2,1H3. The molecule has 0 aliphatic heterocycles. The summed E-state index contributed by atoms with van der Waals surface area (Å²) in [5.74, 6) is 0. The quantitative estimate of drug-likeness (QED) is 0.723. The predicted molar refractivity (Wildman–Crippen MR) is 78.3 cm³/mol. The van der Waals surface area contributed by atoms with Crippen LogP contribution in [-0.2, 0) is 12.8 Å². The number of hydrogen-bond acceptors (Lipinski definition) is 3. The lowest BCUT2D eigenvalue weighted by Gasteiger charge is -2.12. The smallest absolute Gasteiger partial charge is 0.0370 e. The molecule has 0 heterocycles. The van der Waals surface area contributed by atoms with Crippen LogP contribution in [0, 0.1) is 0 Å². The lowest BCUT2D eigenvalue weighted by molar-refractivity contribution is 1.07. The number of anilines is 3. The van der Waals surface area contributed by atoms with Crippen molar-refractivity contribution in [3.63, 3.8) is 0 Å². The van der Waals surface area contributed by atoms with Crippen LogP contribution in [0.3, 0.4) is 0 Å². The summed E-state index contributed by atoms with van der Waals surface area (Å²) in [6.45, 7) is 2.11. The fraction of sp³-hybridized carbons (Fsp3) is 0.200. The van der Waals surface area contributed by atoms with Gasteiger partial charge in [0.2, 0.25) is 0 Å². The van der Waals surface area contributed by atoms with Crippen molar-refractivity contribution in [2.75, 3.05) is 17.2 Å². The van der Waals surface area contributed by atoms with Crippen molar-refractivity contribution in [3.05, 3.63) is 53.1 Å². The van der Waals surface area contributed by atoms with Gasteiger partial charge in [0.15, 0.2) is 0 Å². The highest BCUT2D eigenvalue weighted by Gasteiger charge is 2.07. The van der Waals surface area contributed by atoms with Gasteiger partial charge in [0, 0.05) is 17.1 Å². The Morgan fingerprint density at radius 3 is 2.17 bits per heavy atom. The lowest BCUT2D eigenvalue weighted by Crippen LogP contribution is -2.02. The molecule has 0 aliphatic carbocycles. The van der Waals surface area contributed by atoms with Crippen molar-refractivity contribution < 1.29 is 0 Å². The molecule has 0 amide bonds. The van der Waals surface area contributed by atoms with E-state index in [9.17, 15) is 0 Å². The summed E-state index contributed by atoms with van der Waals surface area (Å²) in [5, 5.41) is 0. The highest BCUT2D eigenvalue weighted by Crippen LogP contribution is 2.24. The normalized spacial score (nSPS) is 10.5. The molecule has 0 aliphatic rings. The molecular weight excluding hydrogens is 222 g/mol. The molecular formula is C15H19N3. The van der Waals surface area contributed by atoms with E-state index in [0.29, 0.717) is 0 Å². The van der Waals surface area contributed by atoms with Crippen molar-refractivity contribution in [3.8, 4) is 0 Å². The first kappa shape index (κ1) is 12.3. The zero-order chi connectivity index (χ0) is 13.1. The Hall–Kier alpha value is -2.16. The second kappa shape index (κ2) is 5.00. The molecule has 0 radical (unpaired) electrons. The summed E-state index contributed by atoms with van der Waals surface area (Å²) in [7, 11) is 0. The van der Waals surface area contributed by atoms with Crippen molar-refractivity contribution in [2.45, 2.75) is 19.8 Å². The largest absolute Gasteiger partial charge is 0.399 e.